The molecule has 0 amide bonds. The van der Waals surface area contributed by atoms with Crippen LogP contribution in [0.3, 0.4) is 0 Å². The van der Waals surface area contributed by atoms with E-state index in [2.05, 4.69) is 10.1 Å². The van der Waals surface area contributed by atoms with Gasteiger partial charge >= 0.3 is 0 Å². The quantitative estimate of drug-likeness (QED) is 0.841. The van der Waals surface area contributed by atoms with Gasteiger partial charge in [-0.15, -0.1) is 11.3 Å². The van der Waals surface area contributed by atoms with Gasteiger partial charge in [-0.2, -0.15) is 5.10 Å². The Bertz CT molecular complexity index is 475. The van der Waals surface area contributed by atoms with E-state index in [1.807, 2.05) is 27.1 Å². The number of thiazole rings is 1. The highest BCUT2D eigenvalue weighted by Gasteiger charge is 2.17. The van der Waals surface area contributed by atoms with Gasteiger partial charge in [0.15, 0.2) is 0 Å². The van der Waals surface area contributed by atoms with E-state index in [4.69, 9.17) is 0 Å². The van der Waals surface area contributed by atoms with Crippen LogP contribution in [0.1, 0.15) is 27.2 Å². The Morgan fingerprint density at radius 1 is 1.47 bits per heavy atom. The van der Waals surface area contributed by atoms with Crippen LogP contribution in [0, 0.1) is 13.8 Å². The van der Waals surface area contributed by atoms with Gasteiger partial charge in [0.05, 0.1) is 21.8 Å². The van der Waals surface area contributed by atoms with Gasteiger partial charge in [0.2, 0.25) is 0 Å². The largest absolute Gasteiger partial charge is 0.383 e. The Balaban J connectivity index is 2.35. The molecule has 0 radical (unpaired) electrons. The molecule has 0 aromatic carbocycles. The van der Waals surface area contributed by atoms with Gasteiger partial charge in [0.1, 0.15) is 6.10 Å². The summed E-state index contributed by atoms with van der Waals surface area (Å²) in [4.78, 5) is 5.20. The first-order valence-electron chi connectivity index (χ1n) is 4.68. The highest BCUT2D eigenvalue weighted by atomic mass is 32.1. The summed E-state index contributed by atoms with van der Waals surface area (Å²) in [6.45, 7) is 3.86. The molecule has 1 atom stereocenters. The summed E-state index contributed by atoms with van der Waals surface area (Å²) < 4.78 is 1.68. The average molecular weight is 223 g/mol. The molecule has 5 heteroatoms. The number of aliphatic hydroxyl groups excluding tert-OH is 1. The van der Waals surface area contributed by atoms with Crippen molar-refractivity contribution in [3.8, 4) is 0 Å². The molecule has 80 valence electrons. The molecule has 0 bridgehead atoms. The monoisotopic (exact) mass is 223 g/mol. The van der Waals surface area contributed by atoms with Gasteiger partial charge in [0, 0.05) is 18.8 Å². The highest BCUT2D eigenvalue weighted by molar-refractivity contribution is 7.11. The average Bonchev–Trinajstić information content (AvgIpc) is 2.71. The topological polar surface area (TPSA) is 50.9 Å². The Hall–Kier alpha value is -1.20. The maximum atomic E-state index is 10.1. The van der Waals surface area contributed by atoms with E-state index >= 15 is 0 Å². The molecule has 0 aliphatic rings. The molecule has 2 aromatic rings. The normalized spacial score (nSPS) is 13.1. The van der Waals surface area contributed by atoms with Crippen LogP contribution in [0.4, 0.5) is 0 Å². The van der Waals surface area contributed by atoms with E-state index in [-0.39, 0.29) is 0 Å². The van der Waals surface area contributed by atoms with Crippen molar-refractivity contribution in [2.75, 3.05) is 0 Å². The van der Waals surface area contributed by atoms with Crippen molar-refractivity contribution in [2.45, 2.75) is 20.0 Å². The predicted molar refractivity (Wildman–Crippen MR) is 58.9 cm³/mol. The van der Waals surface area contributed by atoms with Crippen LogP contribution in [-0.4, -0.2) is 19.9 Å². The lowest BCUT2D eigenvalue weighted by atomic mass is 10.1. The first kappa shape index (κ1) is 10.3. The predicted octanol–water partition coefficient (Wildman–Crippen LogP) is 1.58. The van der Waals surface area contributed by atoms with E-state index < -0.39 is 6.10 Å². The van der Waals surface area contributed by atoms with Crippen molar-refractivity contribution in [2.24, 2.45) is 7.05 Å². The van der Waals surface area contributed by atoms with Gasteiger partial charge in [-0.05, 0) is 13.8 Å². The SMILES string of the molecule is Cc1nc(C)c(C(O)c2cnn(C)c2)s1. The number of rotatable bonds is 2. The van der Waals surface area contributed by atoms with E-state index in [0.29, 0.717) is 0 Å². The van der Waals surface area contributed by atoms with Gasteiger partial charge in [-0.3, -0.25) is 4.68 Å². The Morgan fingerprint density at radius 3 is 2.67 bits per heavy atom. The van der Waals surface area contributed by atoms with Crippen LogP contribution >= 0.6 is 11.3 Å². The Kier molecular flexibility index (Phi) is 2.58. The molecule has 0 saturated carbocycles. The Labute approximate surface area is 92.2 Å². The number of nitrogens with zero attached hydrogens (tertiary/aromatic N) is 3. The van der Waals surface area contributed by atoms with Crippen LogP contribution in [0.2, 0.25) is 0 Å². The second kappa shape index (κ2) is 3.75. The fraction of sp³-hybridized carbons (Fsp3) is 0.400. The molecule has 15 heavy (non-hydrogen) atoms. The zero-order valence-corrected chi connectivity index (χ0v) is 9.75. The summed E-state index contributed by atoms with van der Waals surface area (Å²) in [7, 11) is 1.83. The van der Waals surface area contributed by atoms with Crippen molar-refractivity contribution in [3.05, 3.63) is 33.5 Å². The third-order valence-electron chi connectivity index (χ3n) is 2.23. The van der Waals surface area contributed by atoms with Crippen LogP contribution in [0.15, 0.2) is 12.4 Å². The maximum Gasteiger partial charge on any atom is 0.118 e. The molecule has 4 nitrogen and oxygen atoms in total. The lowest BCUT2D eigenvalue weighted by molar-refractivity contribution is 0.223. The standard InChI is InChI=1S/C10H13N3OS/c1-6-10(15-7(2)12-6)9(14)8-4-11-13(3)5-8/h4-5,9,14H,1-3H3. The molecule has 0 spiro atoms. The molecule has 0 aliphatic carbocycles. The van der Waals surface area contributed by atoms with Gasteiger partial charge in [0.25, 0.3) is 0 Å². The summed E-state index contributed by atoms with van der Waals surface area (Å²) in [5.74, 6) is 0. The summed E-state index contributed by atoms with van der Waals surface area (Å²) >= 11 is 1.53. The highest BCUT2D eigenvalue weighted by Crippen LogP contribution is 2.29. The van der Waals surface area contributed by atoms with Crippen molar-refractivity contribution in [1.82, 2.24) is 14.8 Å². The number of aliphatic hydroxyl groups is 1. The van der Waals surface area contributed by atoms with Crippen LogP contribution < -0.4 is 0 Å². The molecule has 1 N–H and O–H groups in total. The molecule has 0 aliphatic heterocycles. The van der Waals surface area contributed by atoms with Crippen LogP contribution in [0.5, 0.6) is 0 Å². The molecule has 1 unspecified atom stereocenters. The van der Waals surface area contributed by atoms with Gasteiger partial charge < -0.3 is 5.11 Å². The molecule has 2 rings (SSSR count). The number of aromatic nitrogens is 3. The Morgan fingerprint density at radius 2 is 2.20 bits per heavy atom. The minimum atomic E-state index is -0.607. The molecular weight excluding hydrogens is 210 g/mol. The number of hydrogen-bond donors (Lipinski definition) is 1. The summed E-state index contributed by atoms with van der Waals surface area (Å²) in [5, 5.41) is 15.1. The third-order valence-corrected chi connectivity index (χ3v) is 3.35. The van der Waals surface area contributed by atoms with E-state index in [1.54, 1.807) is 10.9 Å². The lowest BCUT2D eigenvalue weighted by Gasteiger charge is -2.05. The van der Waals surface area contributed by atoms with E-state index in [1.165, 1.54) is 11.3 Å². The molecule has 0 fully saturated rings. The van der Waals surface area contributed by atoms with E-state index in [9.17, 15) is 5.11 Å². The molecule has 2 heterocycles. The van der Waals surface area contributed by atoms with Gasteiger partial charge in [-0.1, -0.05) is 0 Å². The fourth-order valence-electron chi connectivity index (χ4n) is 1.53. The fourth-order valence-corrected chi connectivity index (χ4v) is 2.48. The third kappa shape index (κ3) is 1.93. The minimum Gasteiger partial charge on any atom is -0.383 e. The minimum absolute atomic E-state index is 0.607. The first-order valence-corrected chi connectivity index (χ1v) is 5.50. The summed E-state index contributed by atoms with van der Waals surface area (Å²) in [5.41, 5.74) is 1.71. The molecule has 0 saturated heterocycles. The van der Waals surface area contributed by atoms with E-state index in [0.717, 1.165) is 21.1 Å². The number of hydrogen-bond acceptors (Lipinski definition) is 4. The zero-order chi connectivity index (χ0) is 11.0. The molecule has 2 aromatic heterocycles. The van der Waals surface area contributed by atoms with Crippen LogP contribution in [0.25, 0.3) is 0 Å². The summed E-state index contributed by atoms with van der Waals surface area (Å²) in [6.07, 6.45) is 2.89. The van der Waals surface area contributed by atoms with Gasteiger partial charge in [-0.25, -0.2) is 4.98 Å². The smallest absolute Gasteiger partial charge is 0.118 e. The molecular formula is C10H13N3OS. The van der Waals surface area contributed by atoms with Crippen LogP contribution in [-0.2, 0) is 7.05 Å². The van der Waals surface area contributed by atoms with Crippen molar-refractivity contribution < 1.29 is 5.11 Å². The van der Waals surface area contributed by atoms with Crippen molar-refractivity contribution in [3.63, 3.8) is 0 Å². The van der Waals surface area contributed by atoms with Crippen molar-refractivity contribution >= 4 is 11.3 Å². The first-order chi connectivity index (χ1) is 7.08. The second-order valence-electron chi connectivity index (χ2n) is 3.53. The zero-order valence-electron chi connectivity index (χ0n) is 8.93. The lowest BCUT2D eigenvalue weighted by Crippen LogP contribution is -1.97. The van der Waals surface area contributed by atoms with Crippen molar-refractivity contribution in [1.29, 1.82) is 0 Å². The second-order valence-corrected chi connectivity index (χ2v) is 4.77. The summed E-state index contributed by atoms with van der Waals surface area (Å²) in [6, 6.07) is 0. The number of aryl methyl sites for hydroxylation is 3. The maximum absolute atomic E-state index is 10.1.